The van der Waals surface area contributed by atoms with Crippen LogP contribution in [0.15, 0.2) is 249 Å². The molecule has 506 valence electrons. The van der Waals surface area contributed by atoms with Gasteiger partial charge >= 0.3 is 0 Å². The molecule has 102 heavy (non-hydrogen) atoms. The van der Waals surface area contributed by atoms with Crippen LogP contribution in [0.1, 0.15) is 170 Å². The van der Waals surface area contributed by atoms with Crippen molar-refractivity contribution in [1.82, 2.24) is 4.57 Å². The molecule has 0 fully saturated rings. The predicted molar refractivity (Wildman–Crippen MR) is 439 cm³/mol. The highest BCUT2D eigenvalue weighted by Gasteiger charge is 2.45. The monoisotopic (exact) mass is 1330 g/mol. The summed E-state index contributed by atoms with van der Waals surface area (Å²) in [5.41, 5.74) is 26.6. The van der Waals surface area contributed by atoms with Crippen LogP contribution in [0.25, 0.3) is 83.1 Å². The number of benzene rings is 12. The molecule has 5 heteroatoms. The largest absolute Gasteiger partial charge is 0.311 e. The molecule has 2 aliphatic rings. The summed E-state index contributed by atoms with van der Waals surface area (Å²) in [5.74, 6) is 0. The summed E-state index contributed by atoms with van der Waals surface area (Å²) in [5, 5.41) is 14.3. The number of fused-ring (bicyclic) bond motifs is 7. The van der Waals surface area contributed by atoms with E-state index in [1.165, 1.54) is 33.4 Å². The minimum absolute atomic E-state index is 0.124. The first-order chi connectivity index (χ1) is 50.3. The third-order valence-electron chi connectivity index (χ3n) is 21.3. The summed E-state index contributed by atoms with van der Waals surface area (Å²) in [4.78, 5) is 4.81. The van der Waals surface area contributed by atoms with E-state index in [4.69, 9.17) is 4.11 Å². The van der Waals surface area contributed by atoms with Gasteiger partial charge in [-0.1, -0.05) is 300 Å². The van der Waals surface area contributed by atoms with Crippen molar-refractivity contribution >= 4 is 79.0 Å². The van der Waals surface area contributed by atoms with Crippen LogP contribution in [-0.2, 0) is 32.5 Å². The zero-order valence-corrected chi connectivity index (χ0v) is 62.7. The minimum Gasteiger partial charge on any atom is -0.311 e. The van der Waals surface area contributed by atoms with Gasteiger partial charge in [0.1, 0.15) is 6.07 Å². The molecule has 4 nitrogen and oxygen atoms in total. The molecule has 1 aromatic heterocycles. The Morgan fingerprint density at radius 2 is 0.686 bits per heavy atom. The van der Waals surface area contributed by atoms with Crippen molar-refractivity contribution in [2.45, 2.75) is 157 Å². The molecule has 0 aliphatic carbocycles. The molecule has 0 saturated heterocycles. The van der Waals surface area contributed by atoms with Gasteiger partial charge in [0.05, 0.1) is 29.1 Å². The first-order valence-corrected chi connectivity index (χ1v) is 36.2. The Hall–Kier alpha value is -10.4. The van der Waals surface area contributed by atoms with Gasteiger partial charge in [-0.25, -0.2) is 0 Å². The number of para-hydroxylation sites is 2. The summed E-state index contributed by atoms with van der Waals surface area (Å²) in [6.07, 6.45) is 0. The first-order valence-electron chi connectivity index (χ1n) is 38.7. The van der Waals surface area contributed by atoms with E-state index in [0.717, 1.165) is 123 Å². The Morgan fingerprint density at radius 3 is 1.15 bits per heavy atom. The molecule has 12 aromatic carbocycles. The Balaban J connectivity index is 1.13. The fourth-order valence-corrected chi connectivity index (χ4v) is 15.2. The second-order valence-electron chi connectivity index (χ2n) is 34.8. The lowest BCUT2D eigenvalue weighted by Crippen LogP contribution is -2.61. The third-order valence-corrected chi connectivity index (χ3v) is 21.3. The van der Waals surface area contributed by atoms with Gasteiger partial charge in [0.25, 0.3) is 6.71 Å². The second kappa shape index (κ2) is 24.4. The van der Waals surface area contributed by atoms with E-state index in [9.17, 15) is 8.00 Å². The molecule has 0 N–H and O–H groups in total. The van der Waals surface area contributed by atoms with Crippen LogP contribution in [0.5, 0.6) is 0 Å². The Bertz CT molecular complexity index is 5690. The molecule has 13 aromatic rings. The maximum atomic E-state index is 12.0. The number of hydrogen-bond donors (Lipinski definition) is 0. The van der Waals surface area contributed by atoms with Crippen molar-refractivity contribution in [3.63, 3.8) is 0 Å². The van der Waals surface area contributed by atoms with Crippen LogP contribution in [0.3, 0.4) is 0 Å². The molecule has 3 heterocycles. The van der Waals surface area contributed by atoms with E-state index in [1.54, 1.807) is 0 Å². The standard InChI is InChI=1S/C97H95BN4/c1-92(2,3)72-44-68(45-73(56-72)93(4,5)6)64-39-42-83-88(53-64)102(86-59-78(40-37-65(86)60-99)100-84-35-27-25-33-80(84)81-34-26-28-36-85(81)100)90-55-71(70-48-76(96(13,14)15)58-77(49-70)97(16,17)18)54-89-91(90)98(83)82-41-38-63(61-29-21-19-22-30-61)52-87(82)101(89)79-50-66(62-31-23-20-24-32-62)43-67(51-79)69-46-74(94(7,8)9)57-75(47-69)95(10,11)12/h19-59H,1-18H3/i19D,21D,22D,29D,30D. The fraction of sp³-hybridized carbons (Fsp3) is 0.247. The first kappa shape index (κ1) is 61.5. The maximum absolute atomic E-state index is 12.0. The molecular formula is C97H95BN4. The number of rotatable bonds is 8. The lowest BCUT2D eigenvalue weighted by atomic mass is 9.33. The zero-order chi connectivity index (χ0) is 76.3. The molecule has 0 saturated carbocycles. The maximum Gasteiger partial charge on any atom is 0.252 e. The number of nitriles is 1. The topological polar surface area (TPSA) is 35.2 Å². The van der Waals surface area contributed by atoms with Crippen molar-refractivity contribution in [3.05, 3.63) is 288 Å². The van der Waals surface area contributed by atoms with Crippen LogP contribution in [0, 0.1) is 11.3 Å². The second-order valence-corrected chi connectivity index (χ2v) is 34.8. The molecule has 0 radical (unpaired) electrons. The summed E-state index contributed by atoms with van der Waals surface area (Å²) < 4.78 is 48.6. The molecule has 0 spiro atoms. The molecule has 0 atom stereocenters. The predicted octanol–water partition coefficient (Wildman–Crippen LogP) is 24.9. The van der Waals surface area contributed by atoms with E-state index in [1.807, 2.05) is 12.1 Å². The lowest BCUT2D eigenvalue weighted by molar-refractivity contribution is 0.568. The van der Waals surface area contributed by atoms with Crippen LogP contribution < -0.4 is 26.2 Å². The van der Waals surface area contributed by atoms with Gasteiger partial charge < -0.3 is 14.4 Å². The van der Waals surface area contributed by atoms with E-state index in [-0.39, 0.29) is 50.1 Å². The van der Waals surface area contributed by atoms with E-state index < -0.39 is 24.8 Å². The van der Waals surface area contributed by atoms with Crippen LogP contribution >= 0.6 is 0 Å². The highest BCUT2D eigenvalue weighted by molar-refractivity contribution is 7.00. The molecule has 0 unspecified atom stereocenters. The average Bonchev–Trinajstić information content (AvgIpc) is 0.955. The summed E-state index contributed by atoms with van der Waals surface area (Å²) in [6.45, 7) is 40.7. The van der Waals surface area contributed by atoms with Gasteiger partial charge in [-0.15, -0.1) is 0 Å². The Labute approximate surface area is 614 Å². The Kier molecular flexibility index (Phi) is 14.7. The van der Waals surface area contributed by atoms with Crippen LogP contribution in [0.4, 0.5) is 34.1 Å². The highest BCUT2D eigenvalue weighted by Crippen LogP contribution is 2.51. The van der Waals surface area contributed by atoms with Crippen molar-refractivity contribution in [2.75, 3.05) is 9.80 Å². The summed E-state index contributed by atoms with van der Waals surface area (Å²) in [6, 6.07) is 81.3. The van der Waals surface area contributed by atoms with Gasteiger partial charge in [-0.3, -0.25) is 0 Å². The molecule has 15 rings (SSSR count). The Morgan fingerprint density at radius 1 is 0.304 bits per heavy atom. The van der Waals surface area contributed by atoms with Crippen molar-refractivity contribution in [1.29, 1.82) is 5.26 Å². The SMILES string of the molecule is [2H]c1c([2H])c([2H])c(-c2ccc3c(c2)N(c2cc(-c4ccccc4)cc(-c4cc(C(C)(C)C)cc(C(C)(C)C)c4)c2)c2cc(-c4cc(C(C)(C)C)cc(C(C)(C)C)c4)cc4c2B3c2ccc(-c3cc(C(C)(C)C)cc(C(C)(C)C)c3)cc2N4c2cc(-n3c4ccccc4c4ccccc43)ccc2C#N)c([2H])c1[2H]. The van der Waals surface area contributed by atoms with E-state index in [2.05, 4.69) is 351 Å². The van der Waals surface area contributed by atoms with Crippen molar-refractivity contribution < 1.29 is 6.85 Å². The lowest BCUT2D eigenvalue weighted by Gasteiger charge is -2.45. The normalized spacial score (nSPS) is 14.0. The zero-order valence-electron chi connectivity index (χ0n) is 67.7. The van der Waals surface area contributed by atoms with E-state index >= 15 is 0 Å². The molecule has 0 bridgehead atoms. The third kappa shape index (κ3) is 12.1. The van der Waals surface area contributed by atoms with Gasteiger partial charge in [0, 0.05) is 44.9 Å². The van der Waals surface area contributed by atoms with Gasteiger partial charge in [-0.2, -0.15) is 5.26 Å². The van der Waals surface area contributed by atoms with Gasteiger partial charge in [0.2, 0.25) is 0 Å². The number of nitrogens with zero attached hydrogens (tertiary/aromatic N) is 4. The highest BCUT2D eigenvalue weighted by atomic mass is 15.2. The summed E-state index contributed by atoms with van der Waals surface area (Å²) in [7, 11) is 0. The number of anilines is 6. The molecule has 0 amide bonds. The molecular weight excluding hydrogens is 1230 g/mol. The quantitative estimate of drug-likeness (QED) is 0.142. The van der Waals surface area contributed by atoms with Crippen molar-refractivity contribution in [2.24, 2.45) is 0 Å². The minimum atomic E-state index is -0.465. The fourth-order valence-electron chi connectivity index (χ4n) is 15.2. The van der Waals surface area contributed by atoms with E-state index in [0.29, 0.717) is 11.1 Å². The van der Waals surface area contributed by atoms with Gasteiger partial charge in [-0.05, 0) is 211 Å². The van der Waals surface area contributed by atoms with Crippen LogP contribution in [0.2, 0.25) is 0 Å². The average molecular weight is 1330 g/mol. The van der Waals surface area contributed by atoms with Crippen LogP contribution in [-0.4, -0.2) is 11.3 Å². The van der Waals surface area contributed by atoms with Crippen molar-refractivity contribution in [3.8, 4) is 67.4 Å². The summed E-state index contributed by atoms with van der Waals surface area (Å²) >= 11 is 0. The molecule has 2 aliphatic heterocycles. The number of aromatic nitrogens is 1. The van der Waals surface area contributed by atoms with Gasteiger partial charge in [0.15, 0.2) is 0 Å². The smallest absolute Gasteiger partial charge is 0.252 e. The number of hydrogen-bond acceptors (Lipinski definition) is 3.